The van der Waals surface area contributed by atoms with Gasteiger partial charge in [-0.1, -0.05) is 11.6 Å². The number of anilines is 3. The molecule has 150 valence electrons. The zero-order chi connectivity index (χ0) is 20.4. The molecule has 1 fully saturated rings. The molecular weight excluding hydrogens is 399 g/mol. The molecule has 0 bridgehead atoms. The number of aliphatic carboxylic acids is 1. The third-order valence-corrected chi connectivity index (χ3v) is 5.27. The molecular formula is C19H18ClFN6O2. The van der Waals surface area contributed by atoms with Crippen molar-refractivity contribution in [2.75, 3.05) is 10.6 Å². The van der Waals surface area contributed by atoms with Gasteiger partial charge in [-0.2, -0.15) is 4.98 Å². The SMILES string of the molecule is O=C(O)C1CCC(Nc2ncc3c(Nc4ccc(F)c(Cl)c4)ncnc3n2)CC1. The monoisotopic (exact) mass is 416 g/mol. The predicted molar refractivity (Wildman–Crippen MR) is 107 cm³/mol. The Kier molecular flexibility index (Phi) is 5.39. The highest BCUT2D eigenvalue weighted by molar-refractivity contribution is 6.31. The van der Waals surface area contributed by atoms with E-state index in [1.807, 2.05) is 0 Å². The summed E-state index contributed by atoms with van der Waals surface area (Å²) in [6.07, 6.45) is 5.76. The average molecular weight is 417 g/mol. The van der Waals surface area contributed by atoms with E-state index in [1.165, 1.54) is 18.5 Å². The minimum absolute atomic E-state index is 0.00807. The summed E-state index contributed by atoms with van der Waals surface area (Å²) in [4.78, 5) is 28.3. The van der Waals surface area contributed by atoms with Crippen LogP contribution in [0.2, 0.25) is 5.02 Å². The number of aromatic nitrogens is 4. The summed E-state index contributed by atoms with van der Waals surface area (Å²) in [6, 6.07) is 4.42. The number of carbonyl (C=O) groups is 1. The number of carboxylic acids is 1. The maximum Gasteiger partial charge on any atom is 0.306 e. The van der Waals surface area contributed by atoms with Crippen LogP contribution in [-0.4, -0.2) is 37.1 Å². The molecule has 2 heterocycles. The molecule has 1 aromatic carbocycles. The van der Waals surface area contributed by atoms with Crippen LogP contribution in [-0.2, 0) is 4.79 Å². The van der Waals surface area contributed by atoms with Gasteiger partial charge in [-0.25, -0.2) is 19.3 Å². The topological polar surface area (TPSA) is 113 Å². The first kappa shape index (κ1) is 19.3. The van der Waals surface area contributed by atoms with E-state index >= 15 is 0 Å². The number of nitrogens with zero attached hydrogens (tertiary/aromatic N) is 4. The number of nitrogens with one attached hydrogen (secondary N) is 2. The Morgan fingerprint density at radius 3 is 2.69 bits per heavy atom. The lowest BCUT2D eigenvalue weighted by atomic mass is 9.86. The van der Waals surface area contributed by atoms with Crippen molar-refractivity contribution in [1.29, 1.82) is 0 Å². The molecule has 1 saturated carbocycles. The van der Waals surface area contributed by atoms with E-state index in [9.17, 15) is 9.18 Å². The lowest BCUT2D eigenvalue weighted by molar-refractivity contribution is -0.142. The zero-order valence-corrected chi connectivity index (χ0v) is 16.0. The van der Waals surface area contributed by atoms with Crippen LogP contribution in [0.5, 0.6) is 0 Å². The number of rotatable bonds is 5. The van der Waals surface area contributed by atoms with Crippen molar-refractivity contribution in [2.24, 2.45) is 5.92 Å². The molecule has 1 aliphatic carbocycles. The van der Waals surface area contributed by atoms with E-state index in [2.05, 4.69) is 30.6 Å². The van der Waals surface area contributed by atoms with E-state index < -0.39 is 11.8 Å². The highest BCUT2D eigenvalue weighted by Crippen LogP contribution is 2.28. The lowest BCUT2D eigenvalue weighted by Gasteiger charge is -2.26. The molecule has 8 nitrogen and oxygen atoms in total. The van der Waals surface area contributed by atoms with Crippen LogP contribution in [0.15, 0.2) is 30.7 Å². The standard InChI is InChI=1S/C19H18ClFN6O2/c20-14-7-12(5-6-15(14)21)25-16-13-8-22-19(27-17(13)24-9-23-16)26-11-3-1-10(2-4-11)18(28)29/h5-11H,1-4H2,(H,28,29)(H2,22,23,24,25,26,27). The Morgan fingerprint density at radius 2 is 1.97 bits per heavy atom. The number of fused-ring (bicyclic) bond motifs is 1. The molecule has 2 aromatic heterocycles. The zero-order valence-electron chi connectivity index (χ0n) is 15.3. The molecule has 10 heteroatoms. The second-order valence-electron chi connectivity index (χ2n) is 6.94. The highest BCUT2D eigenvalue weighted by Gasteiger charge is 2.26. The average Bonchev–Trinajstić information content (AvgIpc) is 2.71. The van der Waals surface area contributed by atoms with Crippen LogP contribution in [0, 0.1) is 11.7 Å². The highest BCUT2D eigenvalue weighted by atomic mass is 35.5. The maximum atomic E-state index is 13.3. The minimum Gasteiger partial charge on any atom is -0.481 e. The van der Waals surface area contributed by atoms with Gasteiger partial charge in [0.1, 0.15) is 18.0 Å². The summed E-state index contributed by atoms with van der Waals surface area (Å²) < 4.78 is 13.3. The minimum atomic E-state index is -0.732. The van der Waals surface area contributed by atoms with Crippen LogP contribution in [0.4, 0.5) is 21.8 Å². The van der Waals surface area contributed by atoms with Gasteiger partial charge < -0.3 is 15.7 Å². The van der Waals surface area contributed by atoms with Gasteiger partial charge in [-0.3, -0.25) is 4.79 Å². The van der Waals surface area contributed by atoms with Gasteiger partial charge in [-0.05, 0) is 43.9 Å². The fraction of sp³-hybridized carbons (Fsp3) is 0.316. The van der Waals surface area contributed by atoms with Crippen molar-refractivity contribution in [3.05, 3.63) is 41.6 Å². The van der Waals surface area contributed by atoms with E-state index in [0.717, 1.165) is 12.8 Å². The largest absolute Gasteiger partial charge is 0.481 e. The first-order valence-electron chi connectivity index (χ1n) is 9.19. The Labute approximate surface area is 170 Å². The van der Waals surface area contributed by atoms with E-state index in [4.69, 9.17) is 16.7 Å². The second kappa shape index (κ2) is 8.12. The Balaban J connectivity index is 1.50. The number of hydrogen-bond acceptors (Lipinski definition) is 7. The van der Waals surface area contributed by atoms with Gasteiger partial charge >= 0.3 is 5.97 Å². The van der Waals surface area contributed by atoms with Crippen LogP contribution >= 0.6 is 11.6 Å². The molecule has 0 amide bonds. The van der Waals surface area contributed by atoms with Crippen molar-refractivity contribution >= 4 is 46.1 Å². The van der Waals surface area contributed by atoms with Gasteiger partial charge in [-0.15, -0.1) is 0 Å². The summed E-state index contributed by atoms with van der Waals surface area (Å²) in [7, 11) is 0. The van der Waals surface area contributed by atoms with Gasteiger partial charge in [0, 0.05) is 17.9 Å². The molecule has 3 N–H and O–H groups in total. The summed E-state index contributed by atoms with van der Waals surface area (Å²) in [5.74, 6) is -0.588. The molecule has 0 saturated heterocycles. The summed E-state index contributed by atoms with van der Waals surface area (Å²) in [6.45, 7) is 0. The van der Waals surface area contributed by atoms with E-state index in [0.29, 0.717) is 41.3 Å². The van der Waals surface area contributed by atoms with Crippen LogP contribution in [0.25, 0.3) is 11.0 Å². The molecule has 0 unspecified atom stereocenters. The fourth-order valence-corrected chi connectivity index (χ4v) is 3.58. The Hall–Kier alpha value is -3.07. The van der Waals surface area contributed by atoms with Gasteiger partial charge in [0.25, 0.3) is 0 Å². The summed E-state index contributed by atoms with van der Waals surface area (Å²) in [5, 5.41) is 16.0. The van der Waals surface area contributed by atoms with E-state index in [-0.39, 0.29) is 17.0 Å². The van der Waals surface area contributed by atoms with Crippen molar-refractivity contribution in [1.82, 2.24) is 19.9 Å². The molecule has 29 heavy (non-hydrogen) atoms. The molecule has 0 spiro atoms. The summed E-state index contributed by atoms with van der Waals surface area (Å²) in [5.41, 5.74) is 1.03. The van der Waals surface area contributed by atoms with Gasteiger partial charge in [0.2, 0.25) is 5.95 Å². The number of hydrogen-bond donors (Lipinski definition) is 3. The second-order valence-corrected chi connectivity index (χ2v) is 7.35. The predicted octanol–water partition coefficient (Wildman–Crippen LogP) is 4.01. The van der Waals surface area contributed by atoms with Crippen molar-refractivity contribution in [3.63, 3.8) is 0 Å². The van der Waals surface area contributed by atoms with Crippen molar-refractivity contribution in [2.45, 2.75) is 31.7 Å². The van der Waals surface area contributed by atoms with Gasteiger partial charge in [0.15, 0.2) is 5.65 Å². The number of halogens is 2. The normalized spacial score (nSPS) is 19.1. The quantitative estimate of drug-likeness (QED) is 0.571. The fourth-order valence-electron chi connectivity index (χ4n) is 3.40. The van der Waals surface area contributed by atoms with Crippen LogP contribution in [0.3, 0.4) is 0 Å². The molecule has 0 atom stereocenters. The molecule has 1 aliphatic rings. The molecule has 3 aromatic rings. The smallest absolute Gasteiger partial charge is 0.306 e. The molecule has 4 rings (SSSR count). The number of carboxylic acid groups (broad SMARTS) is 1. The van der Waals surface area contributed by atoms with Crippen molar-refractivity contribution in [3.8, 4) is 0 Å². The third-order valence-electron chi connectivity index (χ3n) is 4.98. The lowest BCUT2D eigenvalue weighted by Crippen LogP contribution is -2.29. The molecule has 0 radical (unpaired) electrons. The first-order valence-corrected chi connectivity index (χ1v) is 9.56. The Bertz CT molecular complexity index is 1060. The van der Waals surface area contributed by atoms with Gasteiger partial charge in [0.05, 0.1) is 16.3 Å². The maximum absolute atomic E-state index is 13.3. The first-order chi connectivity index (χ1) is 14.0. The number of benzene rings is 1. The summed E-state index contributed by atoms with van der Waals surface area (Å²) >= 11 is 5.82. The van der Waals surface area contributed by atoms with Crippen molar-refractivity contribution < 1.29 is 14.3 Å². The van der Waals surface area contributed by atoms with E-state index in [1.54, 1.807) is 12.3 Å². The Morgan fingerprint density at radius 1 is 1.17 bits per heavy atom. The third kappa shape index (κ3) is 4.34. The molecule has 0 aliphatic heterocycles. The van der Waals surface area contributed by atoms with Crippen LogP contribution in [0.1, 0.15) is 25.7 Å². The van der Waals surface area contributed by atoms with Crippen LogP contribution < -0.4 is 10.6 Å².